The lowest BCUT2D eigenvalue weighted by Crippen LogP contribution is -1.99. The van der Waals surface area contributed by atoms with E-state index in [0.29, 0.717) is 0 Å². The second-order valence-electron chi connectivity index (χ2n) is 1.24. The molecule has 1 aromatic heterocycles. The van der Waals surface area contributed by atoms with Crippen LogP contribution in [-0.4, -0.2) is 15.2 Å². The Balaban J connectivity index is 3.02. The molecule has 0 aliphatic heterocycles. The zero-order valence-corrected chi connectivity index (χ0v) is 4.76. The summed E-state index contributed by atoms with van der Waals surface area (Å²) < 4.78 is 0. The van der Waals surface area contributed by atoms with Crippen LogP contribution in [0, 0.1) is 0 Å². The number of nitrogens with zero attached hydrogens (tertiary/aromatic N) is 1. The second kappa shape index (κ2) is 1.89. The summed E-state index contributed by atoms with van der Waals surface area (Å²) in [5.74, 6) is 0. The fourth-order valence-corrected chi connectivity index (χ4v) is 0.534. The standard InChI is InChI=1S/C5H4NSi/c7-5-2-1-3-6-4-5/h1-4H. The summed E-state index contributed by atoms with van der Waals surface area (Å²) in [5, 5.41) is 1.02. The first-order valence-corrected chi connectivity index (χ1v) is 2.51. The molecule has 0 fully saturated rings. The first-order valence-electron chi connectivity index (χ1n) is 2.01. The van der Waals surface area contributed by atoms with Crippen molar-refractivity contribution < 1.29 is 0 Å². The summed E-state index contributed by atoms with van der Waals surface area (Å²) in [4.78, 5) is 3.84. The minimum atomic E-state index is 1.02. The SMILES string of the molecule is [Si]c1cccnc1. The molecule has 0 bridgehead atoms. The first kappa shape index (κ1) is 4.52. The lowest BCUT2D eigenvalue weighted by molar-refractivity contribution is 1.35. The smallest absolute Gasteiger partial charge is 0.0733 e. The van der Waals surface area contributed by atoms with Gasteiger partial charge in [0, 0.05) is 12.4 Å². The molecule has 0 N–H and O–H groups in total. The lowest BCUT2D eigenvalue weighted by Gasteiger charge is -1.81. The van der Waals surface area contributed by atoms with Crippen LogP contribution < -0.4 is 5.19 Å². The molecule has 0 aliphatic rings. The van der Waals surface area contributed by atoms with Gasteiger partial charge in [0.15, 0.2) is 0 Å². The molecule has 0 amide bonds. The van der Waals surface area contributed by atoms with Crippen molar-refractivity contribution in [3.63, 3.8) is 0 Å². The van der Waals surface area contributed by atoms with Crippen LogP contribution in [-0.2, 0) is 0 Å². The molecule has 33 valence electrons. The summed E-state index contributed by atoms with van der Waals surface area (Å²) in [6.45, 7) is 0. The van der Waals surface area contributed by atoms with Crippen LogP contribution in [0.25, 0.3) is 0 Å². The van der Waals surface area contributed by atoms with Gasteiger partial charge in [-0.3, -0.25) is 4.98 Å². The summed E-state index contributed by atoms with van der Waals surface area (Å²) >= 11 is 0. The zero-order valence-electron chi connectivity index (χ0n) is 3.76. The molecule has 0 atom stereocenters. The normalized spacial score (nSPS) is 8.71. The molecule has 3 radical (unpaired) electrons. The van der Waals surface area contributed by atoms with Crippen molar-refractivity contribution in [3.8, 4) is 0 Å². The quantitative estimate of drug-likeness (QED) is 0.420. The van der Waals surface area contributed by atoms with Crippen molar-refractivity contribution in [2.45, 2.75) is 0 Å². The topological polar surface area (TPSA) is 12.9 Å². The van der Waals surface area contributed by atoms with Crippen LogP contribution in [0.2, 0.25) is 0 Å². The summed E-state index contributed by atoms with van der Waals surface area (Å²) in [7, 11) is 3.29. The number of hydrogen-bond donors (Lipinski definition) is 0. The molecular weight excluding hydrogens is 102 g/mol. The Morgan fingerprint density at radius 3 is 2.71 bits per heavy atom. The van der Waals surface area contributed by atoms with E-state index in [1.807, 2.05) is 12.1 Å². The van der Waals surface area contributed by atoms with Crippen molar-refractivity contribution in [2.75, 3.05) is 0 Å². The van der Waals surface area contributed by atoms with Gasteiger partial charge in [0.1, 0.15) is 0 Å². The highest BCUT2D eigenvalue weighted by molar-refractivity contribution is 6.31. The molecule has 0 saturated carbocycles. The summed E-state index contributed by atoms with van der Waals surface area (Å²) in [6.07, 6.45) is 3.49. The second-order valence-corrected chi connectivity index (χ2v) is 1.82. The Bertz CT molecular complexity index is 138. The third-order valence-corrected chi connectivity index (χ3v) is 0.957. The van der Waals surface area contributed by atoms with E-state index in [2.05, 4.69) is 15.2 Å². The molecule has 0 saturated heterocycles. The lowest BCUT2D eigenvalue weighted by atomic mass is 10.5. The van der Waals surface area contributed by atoms with E-state index in [1.165, 1.54) is 0 Å². The molecule has 1 rings (SSSR count). The van der Waals surface area contributed by atoms with Crippen LogP contribution in [0.5, 0.6) is 0 Å². The van der Waals surface area contributed by atoms with Crippen LogP contribution in [0.1, 0.15) is 0 Å². The number of pyridine rings is 1. The van der Waals surface area contributed by atoms with Crippen molar-refractivity contribution >= 4 is 15.4 Å². The summed E-state index contributed by atoms with van der Waals surface area (Å²) in [6, 6.07) is 3.81. The molecule has 1 nitrogen and oxygen atoms in total. The van der Waals surface area contributed by atoms with Crippen LogP contribution in [0.15, 0.2) is 24.5 Å². The largest absolute Gasteiger partial charge is 0.265 e. The number of aromatic nitrogens is 1. The van der Waals surface area contributed by atoms with Gasteiger partial charge in [-0.25, -0.2) is 0 Å². The van der Waals surface area contributed by atoms with Gasteiger partial charge in [0.25, 0.3) is 0 Å². The van der Waals surface area contributed by atoms with E-state index >= 15 is 0 Å². The van der Waals surface area contributed by atoms with Crippen molar-refractivity contribution in [2.24, 2.45) is 0 Å². The van der Waals surface area contributed by atoms with E-state index in [4.69, 9.17) is 0 Å². The van der Waals surface area contributed by atoms with E-state index in [1.54, 1.807) is 12.4 Å². The molecule has 0 aromatic carbocycles. The summed E-state index contributed by atoms with van der Waals surface area (Å²) in [5.41, 5.74) is 0. The monoisotopic (exact) mass is 106 g/mol. The maximum absolute atomic E-state index is 3.84. The predicted octanol–water partition coefficient (Wildman–Crippen LogP) is -0.125. The maximum Gasteiger partial charge on any atom is 0.0733 e. The van der Waals surface area contributed by atoms with Crippen molar-refractivity contribution in [1.29, 1.82) is 0 Å². The minimum absolute atomic E-state index is 1.02. The third-order valence-electron chi connectivity index (χ3n) is 0.662. The van der Waals surface area contributed by atoms with E-state index < -0.39 is 0 Å². The molecule has 0 unspecified atom stereocenters. The van der Waals surface area contributed by atoms with Crippen molar-refractivity contribution in [1.82, 2.24) is 4.98 Å². The van der Waals surface area contributed by atoms with E-state index in [0.717, 1.165) is 5.19 Å². The van der Waals surface area contributed by atoms with Gasteiger partial charge in [-0.1, -0.05) is 6.07 Å². The fraction of sp³-hybridized carbons (Fsp3) is 0. The van der Waals surface area contributed by atoms with Gasteiger partial charge in [0.05, 0.1) is 10.2 Å². The van der Waals surface area contributed by atoms with Gasteiger partial charge in [-0.15, -0.1) is 0 Å². The molecule has 1 heterocycles. The third kappa shape index (κ3) is 1.12. The molecule has 2 heteroatoms. The fourth-order valence-electron chi connectivity index (χ4n) is 0.363. The average molecular weight is 106 g/mol. The van der Waals surface area contributed by atoms with Crippen LogP contribution in [0.3, 0.4) is 0 Å². The van der Waals surface area contributed by atoms with Gasteiger partial charge in [-0.05, 0) is 11.3 Å². The molecule has 7 heavy (non-hydrogen) atoms. The van der Waals surface area contributed by atoms with Gasteiger partial charge >= 0.3 is 0 Å². The van der Waals surface area contributed by atoms with Gasteiger partial charge in [0.2, 0.25) is 0 Å². The molecule has 1 aromatic rings. The van der Waals surface area contributed by atoms with Crippen molar-refractivity contribution in [3.05, 3.63) is 24.5 Å². The molecule has 0 spiro atoms. The average Bonchev–Trinajstić information content (AvgIpc) is 1.69. The van der Waals surface area contributed by atoms with E-state index in [-0.39, 0.29) is 0 Å². The molecule has 0 aliphatic carbocycles. The highest BCUT2D eigenvalue weighted by Crippen LogP contribution is 1.70. The number of rotatable bonds is 0. The van der Waals surface area contributed by atoms with Crippen LogP contribution in [0.4, 0.5) is 0 Å². The Kier molecular flexibility index (Phi) is 1.22. The first-order chi connectivity index (χ1) is 3.39. The Morgan fingerprint density at radius 1 is 1.57 bits per heavy atom. The Hall–Kier alpha value is -0.633. The highest BCUT2D eigenvalue weighted by atomic mass is 28.1. The highest BCUT2D eigenvalue weighted by Gasteiger charge is 1.73. The van der Waals surface area contributed by atoms with E-state index in [9.17, 15) is 0 Å². The Labute approximate surface area is 45.8 Å². The molecular formula is C5H4NSi. The maximum atomic E-state index is 3.84. The zero-order chi connectivity index (χ0) is 5.11. The number of hydrogen-bond acceptors (Lipinski definition) is 1. The Morgan fingerprint density at radius 2 is 2.43 bits per heavy atom. The van der Waals surface area contributed by atoms with Gasteiger partial charge < -0.3 is 0 Å². The van der Waals surface area contributed by atoms with Crippen LogP contribution >= 0.6 is 0 Å². The predicted molar refractivity (Wildman–Crippen MR) is 29.6 cm³/mol. The van der Waals surface area contributed by atoms with Gasteiger partial charge in [-0.2, -0.15) is 0 Å². The minimum Gasteiger partial charge on any atom is -0.265 e.